The Kier molecular flexibility index (Phi) is 8.09. The Morgan fingerprint density at radius 3 is 2.09 bits per heavy atom. The van der Waals surface area contributed by atoms with Crippen LogP contribution in [-0.2, 0) is 29.4 Å². The number of ether oxygens (including phenoxy) is 1. The molecule has 7 nitrogen and oxygen atoms in total. The highest BCUT2D eigenvalue weighted by molar-refractivity contribution is 6.74. The van der Waals surface area contributed by atoms with Crippen molar-refractivity contribution in [3.8, 4) is 6.07 Å². The van der Waals surface area contributed by atoms with E-state index in [-0.39, 0.29) is 22.4 Å². The molecule has 1 aromatic carbocycles. The largest absolute Gasteiger partial charge is 0.417 e. The van der Waals surface area contributed by atoms with E-state index in [4.69, 9.17) is 13.6 Å². The van der Waals surface area contributed by atoms with Crippen LogP contribution in [0.3, 0.4) is 0 Å². The van der Waals surface area contributed by atoms with E-state index in [0.29, 0.717) is 12.8 Å². The summed E-state index contributed by atoms with van der Waals surface area (Å²) in [5.74, 6) is -2.22. The number of nitrogens with zero attached hydrogens (tertiary/aromatic N) is 2. The summed E-state index contributed by atoms with van der Waals surface area (Å²) in [6, 6.07) is 4.52. The second kappa shape index (κ2) is 10.2. The number of rotatable bonds is 7. The molecule has 2 amide bonds. The van der Waals surface area contributed by atoms with Crippen LogP contribution in [0.25, 0.3) is 0 Å². The molecular formula is C32H47F3N2O5Si2. The van der Waals surface area contributed by atoms with Gasteiger partial charge < -0.3 is 13.6 Å². The highest BCUT2D eigenvalue weighted by atomic mass is 28.4. The Morgan fingerprint density at radius 2 is 1.59 bits per heavy atom. The zero-order valence-corrected chi connectivity index (χ0v) is 30.1. The average Bonchev–Trinajstić information content (AvgIpc) is 3.33. The third-order valence-corrected chi connectivity index (χ3v) is 20.5. The van der Waals surface area contributed by atoms with Gasteiger partial charge in [0.25, 0.3) is 0 Å². The van der Waals surface area contributed by atoms with Gasteiger partial charge >= 0.3 is 6.18 Å². The van der Waals surface area contributed by atoms with Crippen LogP contribution in [-0.4, -0.2) is 52.4 Å². The summed E-state index contributed by atoms with van der Waals surface area (Å²) >= 11 is 0. The highest BCUT2D eigenvalue weighted by Gasteiger charge is 2.83. The smallest absolute Gasteiger partial charge is 0.417 e. The van der Waals surface area contributed by atoms with E-state index in [1.807, 2.05) is 6.92 Å². The molecule has 4 rings (SSSR count). The molecule has 0 unspecified atom stereocenters. The van der Waals surface area contributed by atoms with E-state index in [2.05, 4.69) is 67.7 Å². The Balaban J connectivity index is 1.83. The Labute approximate surface area is 261 Å². The van der Waals surface area contributed by atoms with Crippen molar-refractivity contribution >= 4 is 34.1 Å². The molecule has 3 saturated heterocycles. The number of carbonyl (C=O) groups is 2. The zero-order valence-electron chi connectivity index (χ0n) is 28.1. The molecule has 0 radical (unpaired) electrons. The number of amides is 2. The minimum absolute atomic E-state index is 0.0569. The van der Waals surface area contributed by atoms with E-state index in [1.165, 1.54) is 6.07 Å². The lowest BCUT2D eigenvalue weighted by atomic mass is 9.57. The average molecular weight is 653 g/mol. The summed E-state index contributed by atoms with van der Waals surface area (Å²) in [5, 5.41) is 9.10. The molecule has 5 atom stereocenters. The molecule has 0 aliphatic carbocycles. The fraction of sp³-hybridized carbons (Fsp3) is 0.719. The van der Waals surface area contributed by atoms with Crippen molar-refractivity contribution in [3.63, 3.8) is 0 Å². The molecule has 3 aliphatic heterocycles. The lowest BCUT2D eigenvalue weighted by Crippen LogP contribution is -2.60. The number of carbonyl (C=O) groups excluding carboxylic acids is 2. The van der Waals surface area contributed by atoms with Gasteiger partial charge in [-0.15, -0.1) is 0 Å². The maximum atomic E-state index is 14.5. The minimum Gasteiger partial charge on any atom is -0.417 e. The SMILES string of the molecule is CC(C)(C)[Si](C)(C)OCC[C@]12O[C@](C)(C[C@@H]1O[Si](C)(C)C(C)(C)C)[C@@]1(C)C(=O)N(c3ccc(C#N)c(C(F)(F)F)c3)C(=O)[C@@H]21. The van der Waals surface area contributed by atoms with Crippen LogP contribution < -0.4 is 4.90 Å². The number of hydrogen-bond acceptors (Lipinski definition) is 6. The Morgan fingerprint density at radius 1 is 1.02 bits per heavy atom. The summed E-state index contributed by atoms with van der Waals surface area (Å²) in [6.45, 7) is 25.1. The number of halogens is 3. The van der Waals surface area contributed by atoms with Gasteiger partial charge in [0.15, 0.2) is 16.6 Å². The molecule has 244 valence electrons. The standard InChI is InChI=1S/C32H47F3N2O5Si2/c1-27(2,3)43(9,10)40-16-15-31-23(41-44(11,12)28(4,5)6)18-29(7,42-31)30(8)24(31)25(38)37(26(30)39)21-14-13-20(19-36)22(17-21)32(33,34)35/h13-14,17,23-24H,15-16,18H2,1-12H3/t23-,24+,29+,30+,31-/m0/s1. The minimum atomic E-state index is -4.84. The maximum Gasteiger partial charge on any atom is 0.417 e. The first-order chi connectivity index (χ1) is 19.7. The molecule has 3 heterocycles. The zero-order chi connectivity index (χ0) is 33.7. The van der Waals surface area contributed by atoms with Crippen molar-refractivity contribution < 1.29 is 36.3 Å². The van der Waals surface area contributed by atoms with Crippen molar-refractivity contribution in [3.05, 3.63) is 29.3 Å². The van der Waals surface area contributed by atoms with E-state index < -0.39 is 74.4 Å². The van der Waals surface area contributed by atoms with Gasteiger partial charge in [0.2, 0.25) is 11.8 Å². The van der Waals surface area contributed by atoms with Gasteiger partial charge in [-0.2, -0.15) is 18.4 Å². The van der Waals surface area contributed by atoms with Gasteiger partial charge in [0.05, 0.1) is 45.9 Å². The van der Waals surface area contributed by atoms with Gasteiger partial charge in [-0.25, -0.2) is 4.90 Å². The second-order valence-electron chi connectivity index (χ2n) is 16.2. The molecule has 1 aromatic rings. The third kappa shape index (κ3) is 5.01. The first-order valence-corrected chi connectivity index (χ1v) is 21.0. The Hall–Kier alpha value is -2.05. The first-order valence-electron chi connectivity index (χ1n) is 15.2. The summed E-state index contributed by atoms with van der Waals surface area (Å²) in [4.78, 5) is 29.7. The van der Waals surface area contributed by atoms with Crippen molar-refractivity contribution in [2.45, 2.75) is 128 Å². The maximum absolute atomic E-state index is 14.5. The van der Waals surface area contributed by atoms with E-state index in [1.54, 1.807) is 13.0 Å². The van der Waals surface area contributed by atoms with Crippen LogP contribution in [0.2, 0.25) is 36.3 Å². The third-order valence-electron chi connectivity index (χ3n) is 11.5. The lowest BCUT2D eigenvalue weighted by Gasteiger charge is -2.47. The predicted octanol–water partition coefficient (Wildman–Crippen LogP) is 7.81. The van der Waals surface area contributed by atoms with Crippen LogP contribution >= 0.6 is 0 Å². The van der Waals surface area contributed by atoms with Crippen LogP contribution in [0, 0.1) is 22.7 Å². The number of nitriles is 1. The van der Waals surface area contributed by atoms with Gasteiger partial charge in [0, 0.05) is 19.4 Å². The van der Waals surface area contributed by atoms with Crippen LogP contribution in [0.5, 0.6) is 0 Å². The van der Waals surface area contributed by atoms with Crippen molar-refractivity contribution in [1.29, 1.82) is 5.26 Å². The number of anilines is 1. The van der Waals surface area contributed by atoms with Crippen molar-refractivity contribution in [2.24, 2.45) is 11.3 Å². The van der Waals surface area contributed by atoms with Crippen LogP contribution in [0.1, 0.15) is 79.4 Å². The summed E-state index contributed by atoms with van der Waals surface area (Å²) < 4.78 is 62.1. The molecule has 0 saturated carbocycles. The molecule has 0 spiro atoms. The summed E-state index contributed by atoms with van der Waals surface area (Å²) in [7, 11) is -4.59. The normalized spacial score (nSPS) is 31.1. The molecule has 3 aliphatic rings. The number of benzene rings is 1. The number of fused-ring (bicyclic) bond motifs is 5. The first kappa shape index (κ1) is 34.8. The van der Waals surface area contributed by atoms with Gasteiger partial charge in [0.1, 0.15) is 5.60 Å². The molecule has 3 fully saturated rings. The van der Waals surface area contributed by atoms with E-state index in [0.717, 1.165) is 17.0 Å². The summed E-state index contributed by atoms with van der Waals surface area (Å²) in [5.41, 5.74) is -5.66. The Bertz CT molecular complexity index is 1410. The molecule has 2 bridgehead atoms. The predicted molar refractivity (Wildman–Crippen MR) is 167 cm³/mol. The summed E-state index contributed by atoms with van der Waals surface area (Å²) in [6.07, 6.45) is -4.70. The van der Waals surface area contributed by atoms with Crippen molar-refractivity contribution in [1.82, 2.24) is 0 Å². The topological polar surface area (TPSA) is 88.9 Å². The molecule has 0 N–H and O–H groups in total. The fourth-order valence-corrected chi connectivity index (χ4v) is 9.03. The molecule has 12 heteroatoms. The number of hydrogen-bond donors (Lipinski definition) is 0. The monoisotopic (exact) mass is 652 g/mol. The molecule has 44 heavy (non-hydrogen) atoms. The van der Waals surface area contributed by atoms with E-state index >= 15 is 0 Å². The van der Waals surface area contributed by atoms with Crippen molar-refractivity contribution in [2.75, 3.05) is 11.5 Å². The van der Waals surface area contributed by atoms with Gasteiger partial charge in [-0.05, 0) is 68.3 Å². The van der Waals surface area contributed by atoms with Crippen LogP contribution in [0.15, 0.2) is 18.2 Å². The van der Waals surface area contributed by atoms with Gasteiger partial charge in [-0.1, -0.05) is 41.5 Å². The highest BCUT2D eigenvalue weighted by Crippen LogP contribution is 2.69. The van der Waals surface area contributed by atoms with Crippen LogP contribution in [0.4, 0.5) is 18.9 Å². The van der Waals surface area contributed by atoms with E-state index in [9.17, 15) is 28.0 Å². The second-order valence-corrected chi connectivity index (χ2v) is 25.7. The lowest BCUT2D eigenvalue weighted by molar-refractivity contribution is -0.139. The number of imide groups is 1. The fourth-order valence-electron chi connectivity index (χ4n) is 6.64. The quantitative estimate of drug-likeness (QED) is 0.221. The molecular weight excluding hydrogens is 606 g/mol. The molecule has 0 aromatic heterocycles. The van der Waals surface area contributed by atoms with Gasteiger partial charge in [-0.3, -0.25) is 9.59 Å². The number of alkyl halides is 3.